The lowest BCUT2D eigenvalue weighted by molar-refractivity contribution is -0.402. The van der Waals surface area contributed by atoms with Gasteiger partial charge >= 0.3 is 5.88 Å². The van der Waals surface area contributed by atoms with Gasteiger partial charge in [-0.15, -0.1) is 0 Å². The average Bonchev–Trinajstić information content (AvgIpc) is 3.01. The quantitative estimate of drug-likeness (QED) is 0.669. The van der Waals surface area contributed by atoms with Crippen LogP contribution in [-0.4, -0.2) is 35.2 Å². The van der Waals surface area contributed by atoms with E-state index in [0.717, 1.165) is 22.1 Å². The van der Waals surface area contributed by atoms with Crippen molar-refractivity contribution in [2.45, 2.75) is 13.8 Å². The van der Waals surface area contributed by atoms with Gasteiger partial charge in [0, 0.05) is 12.7 Å². The molecule has 0 radical (unpaired) electrons. The topological polar surface area (TPSA) is 106 Å². The number of anilines is 1. The molecule has 0 unspecified atom stereocenters. The summed E-state index contributed by atoms with van der Waals surface area (Å²) in [6.45, 7) is 3.62. The number of hydrogen-bond donors (Lipinski definition) is 1. The van der Waals surface area contributed by atoms with E-state index < -0.39 is 16.7 Å². The third-order valence-corrected chi connectivity index (χ3v) is 3.59. The summed E-state index contributed by atoms with van der Waals surface area (Å²) in [6.07, 6.45) is 0. The van der Waals surface area contributed by atoms with Crippen LogP contribution in [0.1, 0.15) is 21.7 Å². The number of carbonyl (C=O) groups excluding carboxylic acids is 2. The summed E-state index contributed by atoms with van der Waals surface area (Å²) < 4.78 is 4.84. The number of furan rings is 1. The van der Waals surface area contributed by atoms with Crippen LogP contribution < -0.4 is 5.32 Å². The van der Waals surface area contributed by atoms with Crippen molar-refractivity contribution in [2.75, 3.05) is 18.9 Å². The first kappa shape index (κ1) is 17.2. The molecule has 0 saturated carbocycles. The summed E-state index contributed by atoms with van der Waals surface area (Å²) in [5, 5.41) is 13.3. The van der Waals surface area contributed by atoms with Gasteiger partial charge in [0.05, 0.1) is 12.6 Å². The van der Waals surface area contributed by atoms with Crippen LogP contribution in [0.5, 0.6) is 0 Å². The largest absolute Gasteiger partial charge is 0.433 e. The number of nitro groups is 1. The van der Waals surface area contributed by atoms with Crippen LogP contribution in [0.25, 0.3) is 0 Å². The molecular formula is C16H17N3O5. The number of hydrogen-bond acceptors (Lipinski definition) is 5. The minimum atomic E-state index is -0.732. The van der Waals surface area contributed by atoms with E-state index in [1.165, 1.54) is 13.1 Å². The van der Waals surface area contributed by atoms with Gasteiger partial charge in [-0.1, -0.05) is 12.1 Å². The van der Waals surface area contributed by atoms with Gasteiger partial charge in [-0.05, 0) is 37.1 Å². The predicted molar refractivity (Wildman–Crippen MR) is 86.9 cm³/mol. The van der Waals surface area contributed by atoms with E-state index >= 15 is 0 Å². The number of amides is 2. The molecule has 1 heterocycles. The molecule has 8 heteroatoms. The Morgan fingerprint density at radius 3 is 2.58 bits per heavy atom. The highest BCUT2D eigenvalue weighted by atomic mass is 16.6. The normalized spacial score (nSPS) is 10.3. The van der Waals surface area contributed by atoms with Gasteiger partial charge in [0.1, 0.15) is 4.92 Å². The Morgan fingerprint density at radius 2 is 1.96 bits per heavy atom. The first-order valence-electron chi connectivity index (χ1n) is 7.15. The van der Waals surface area contributed by atoms with Crippen molar-refractivity contribution >= 4 is 23.4 Å². The first-order chi connectivity index (χ1) is 11.3. The maximum atomic E-state index is 12.1. The zero-order chi connectivity index (χ0) is 17.9. The number of nitrogens with one attached hydrogen (secondary N) is 1. The zero-order valence-electron chi connectivity index (χ0n) is 13.5. The van der Waals surface area contributed by atoms with E-state index in [4.69, 9.17) is 4.42 Å². The van der Waals surface area contributed by atoms with E-state index in [2.05, 4.69) is 5.32 Å². The van der Waals surface area contributed by atoms with E-state index in [1.54, 1.807) is 6.07 Å². The minimum Gasteiger partial charge on any atom is -0.395 e. The van der Waals surface area contributed by atoms with Gasteiger partial charge in [0.2, 0.25) is 5.91 Å². The van der Waals surface area contributed by atoms with Crippen molar-refractivity contribution in [3.63, 3.8) is 0 Å². The molecule has 24 heavy (non-hydrogen) atoms. The van der Waals surface area contributed by atoms with Crippen molar-refractivity contribution in [3.8, 4) is 0 Å². The Morgan fingerprint density at radius 1 is 1.25 bits per heavy atom. The molecule has 0 atom stereocenters. The summed E-state index contributed by atoms with van der Waals surface area (Å²) in [6, 6.07) is 7.84. The van der Waals surface area contributed by atoms with Crippen molar-refractivity contribution in [3.05, 3.63) is 57.3 Å². The zero-order valence-corrected chi connectivity index (χ0v) is 13.5. The monoisotopic (exact) mass is 331 g/mol. The molecular weight excluding hydrogens is 314 g/mol. The molecule has 0 spiro atoms. The van der Waals surface area contributed by atoms with Gasteiger partial charge in [-0.3, -0.25) is 19.7 Å². The lowest BCUT2D eigenvalue weighted by Crippen LogP contribution is -2.34. The first-order valence-corrected chi connectivity index (χ1v) is 7.15. The highest BCUT2D eigenvalue weighted by Gasteiger charge is 2.21. The van der Waals surface area contributed by atoms with Crippen molar-refractivity contribution < 1.29 is 18.9 Å². The molecule has 2 aromatic rings. The van der Waals surface area contributed by atoms with Crippen molar-refractivity contribution in [1.29, 1.82) is 0 Å². The van der Waals surface area contributed by atoms with E-state index in [0.29, 0.717) is 5.69 Å². The average molecular weight is 331 g/mol. The minimum absolute atomic E-state index is 0.191. The fourth-order valence-corrected chi connectivity index (χ4v) is 2.09. The van der Waals surface area contributed by atoms with Crippen molar-refractivity contribution in [1.82, 2.24) is 4.90 Å². The maximum Gasteiger partial charge on any atom is 0.433 e. The van der Waals surface area contributed by atoms with E-state index in [1.807, 2.05) is 26.0 Å². The van der Waals surface area contributed by atoms with Gasteiger partial charge in [0.25, 0.3) is 5.91 Å². The molecule has 0 aliphatic heterocycles. The van der Waals surface area contributed by atoms with Gasteiger partial charge in [-0.25, -0.2) is 0 Å². The van der Waals surface area contributed by atoms with Crippen LogP contribution in [0.2, 0.25) is 0 Å². The molecule has 1 aromatic heterocycles. The summed E-state index contributed by atoms with van der Waals surface area (Å²) in [4.78, 5) is 35.2. The van der Waals surface area contributed by atoms with Gasteiger partial charge < -0.3 is 14.6 Å². The number of nitrogens with zero attached hydrogens (tertiary/aromatic N) is 2. The summed E-state index contributed by atoms with van der Waals surface area (Å²) >= 11 is 0. The molecule has 8 nitrogen and oxygen atoms in total. The number of aryl methyl sites for hydroxylation is 1. The number of likely N-dealkylation sites (N-methyl/N-ethyl adjacent to an activating group) is 1. The van der Waals surface area contributed by atoms with Crippen LogP contribution in [-0.2, 0) is 4.79 Å². The fraction of sp³-hybridized carbons (Fsp3) is 0.250. The van der Waals surface area contributed by atoms with Crippen LogP contribution in [0.4, 0.5) is 11.6 Å². The third kappa shape index (κ3) is 3.78. The second-order valence-corrected chi connectivity index (χ2v) is 5.35. The Hall–Kier alpha value is -3.16. The van der Waals surface area contributed by atoms with Crippen LogP contribution in [0.3, 0.4) is 0 Å². The standard InChI is InChI=1S/C16H17N3O5/c1-10-5-4-6-12(11(10)2)17-14(20)9-18(3)16(21)13-7-8-15(24-13)19(22)23/h4-8H,9H2,1-3H3,(H,17,20). The fourth-order valence-electron chi connectivity index (χ4n) is 2.09. The Kier molecular flexibility index (Phi) is 4.98. The molecule has 0 fully saturated rings. The number of rotatable bonds is 5. The Balaban J connectivity index is 2.01. The molecule has 0 saturated heterocycles. The molecule has 2 rings (SSSR count). The highest BCUT2D eigenvalue weighted by molar-refractivity contribution is 5.98. The summed E-state index contributed by atoms with van der Waals surface area (Å²) in [5.74, 6) is -1.70. The number of carbonyl (C=O) groups is 2. The molecule has 0 aliphatic carbocycles. The van der Waals surface area contributed by atoms with Crippen LogP contribution in [0, 0.1) is 24.0 Å². The van der Waals surface area contributed by atoms with Gasteiger partial charge in [0.15, 0.2) is 5.76 Å². The third-order valence-electron chi connectivity index (χ3n) is 3.59. The SMILES string of the molecule is Cc1cccc(NC(=O)CN(C)C(=O)c2ccc([N+](=O)[O-])o2)c1C. The summed E-state index contributed by atoms with van der Waals surface area (Å²) in [7, 11) is 1.42. The lowest BCUT2D eigenvalue weighted by atomic mass is 10.1. The molecule has 126 valence electrons. The molecule has 1 N–H and O–H groups in total. The van der Waals surface area contributed by atoms with E-state index in [9.17, 15) is 19.7 Å². The number of benzene rings is 1. The highest BCUT2D eigenvalue weighted by Crippen LogP contribution is 2.19. The lowest BCUT2D eigenvalue weighted by Gasteiger charge is -2.16. The molecule has 0 bridgehead atoms. The van der Waals surface area contributed by atoms with Crippen molar-refractivity contribution in [2.24, 2.45) is 0 Å². The maximum absolute atomic E-state index is 12.1. The second-order valence-electron chi connectivity index (χ2n) is 5.35. The Labute approximate surface area is 138 Å². The second kappa shape index (κ2) is 6.95. The Bertz CT molecular complexity index is 797. The molecule has 2 amide bonds. The molecule has 1 aromatic carbocycles. The molecule has 0 aliphatic rings. The smallest absolute Gasteiger partial charge is 0.395 e. The van der Waals surface area contributed by atoms with E-state index in [-0.39, 0.29) is 18.2 Å². The summed E-state index contributed by atoms with van der Waals surface area (Å²) in [5.41, 5.74) is 2.66. The van der Waals surface area contributed by atoms with Crippen LogP contribution in [0.15, 0.2) is 34.7 Å². The van der Waals surface area contributed by atoms with Gasteiger partial charge in [-0.2, -0.15) is 0 Å². The van der Waals surface area contributed by atoms with Crippen LogP contribution >= 0.6 is 0 Å². The predicted octanol–water partition coefficient (Wildman–Crippen LogP) is 2.52.